The van der Waals surface area contributed by atoms with E-state index in [1.54, 1.807) is 12.1 Å². The number of furan rings is 1. The summed E-state index contributed by atoms with van der Waals surface area (Å²) in [5, 5.41) is 5.56. The van der Waals surface area contributed by atoms with Crippen molar-refractivity contribution in [2.45, 2.75) is 63.1 Å². The second-order valence-corrected chi connectivity index (χ2v) is 12.0. The number of fused-ring (bicyclic) bond motifs is 3. The van der Waals surface area contributed by atoms with Crippen LogP contribution in [0.4, 0.5) is 10.5 Å². The SMILES string of the molecule is N[C@@H](CCNC(=O)OCC1c2ccccc2-c2ccccc21)C(=O)Nc1ccc(CN(C(=O)c2ccco2)C2CCCCC2)cc1. The Balaban J connectivity index is 0.957. The molecule has 1 heterocycles. The number of nitrogens with two attached hydrogens (primary N) is 1. The zero-order valence-electron chi connectivity index (χ0n) is 25.8. The Hall–Kier alpha value is -4.89. The smallest absolute Gasteiger partial charge is 0.407 e. The number of ether oxygens (including phenoxy) is 1. The highest BCUT2D eigenvalue weighted by atomic mass is 16.5. The predicted octanol–water partition coefficient (Wildman–Crippen LogP) is 6.45. The summed E-state index contributed by atoms with van der Waals surface area (Å²) in [6, 6.07) is 26.6. The van der Waals surface area contributed by atoms with E-state index in [2.05, 4.69) is 34.9 Å². The van der Waals surface area contributed by atoms with Crippen molar-refractivity contribution in [2.24, 2.45) is 5.73 Å². The third kappa shape index (κ3) is 7.15. The highest BCUT2D eigenvalue weighted by Gasteiger charge is 2.30. The lowest BCUT2D eigenvalue weighted by Crippen LogP contribution is -2.40. The van der Waals surface area contributed by atoms with Crippen molar-refractivity contribution < 1.29 is 23.5 Å². The minimum Gasteiger partial charge on any atom is -0.459 e. The molecule has 1 fully saturated rings. The second kappa shape index (κ2) is 14.5. The minimum atomic E-state index is -0.818. The van der Waals surface area contributed by atoms with Crippen LogP contribution in [0.15, 0.2) is 95.6 Å². The van der Waals surface area contributed by atoms with E-state index in [-0.39, 0.29) is 43.3 Å². The van der Waals surface area contributed by atoms with Gasteiger partial charge in [-0.3, -0.25) is 9.59 Å². The first-order valence-electron chi connectivity index (χ1n) is 16.1. The van der Waals surface area contributed by atoms with Crippen LogP contribution in [0, 0.1) is 0 Å². The van der Waals surface area contributed by atoms with Crippen LogP contribution in [0.2, 0.25) is 0 Å². The molecule has 3 aromatic carbocycles. The molecule has 0 radical (unpaired) electrons. The van der Waals surface area contributed by atoms with E-state index in [1.807, 2.05) is 53.4 Å². The summed E-state index contributed by atoms with van der Waals surface area (Å²) >= 11 is 0. The first-order valence-corrected chi connectivity index (χ1v) is 16.1. The fourth-order valence-electron chi connectivity index (χ4n) is 6.54. The predicted molar refractivity (Wildman–Crippen MR) is 176 cm³/mol. The first-order chi connectivity index (χ1) is 22.5. The zero-order valence-corrected chi connectivity index (χ0v) is 25.8. The Morgan fingerprint density at radius 2 is 1.54 bits per heavy atom. The van der Waals surface area contributed by atoms with Crippen molar-refractivity contribution in [3.8, 4) is 11.1 Å². The van der Waals surface area contributed by atoms with Gasteiger partial charge in [0.15, 0.2) is 5.76 Å². The number of alkyl carbamates (subject to hydrolysis) is 1. The van der Waals surface area contributed by atoms with Crippen molar-refractivity contribution in [3.05, 3.63) is 114 Å². The van der Waals surface area contributed by atoms with Gasteiger partial charge in [0, 0.05) is 30.7 Å². The van der Waals surface area contributed by atoms with E-state index in [4.69, 9.17) is 14.9 Å². The highest BCUT2D eigenvalue weighted by Crippen LogP contribution is 2.44. The molecule has 0 bridgehead atoms. The van der Waals surface area contributed by atoms with E-state index in [0.717, 1.165) is 42.4 Å². The lowest BCUT2D eigenvalue weighted by atomic mass is 9.93. The van der Waals surface area contributed by atoms with Gasteiger partial charge >= 0.3 is 6.09 Å². The summed E-state index contributed by atoms with van der Waals surface area (Å²) in [6.45, 7) is 0.877. The lowest BCUT2D eigenvalue weighted by Gasteiger charge is -2.34. The number of carbonyl (C=O) groups excluding carboxylic acids is 3. The number of nitrogens with zero attached hydrogens (tertiary/aromatic N) is 1. The minimum absolute atomic E-state index is 0.0237. The monoisotopic (exact) mass is 620 g/mol. The summed E-state index contributed by atoms with van der Waals surface area (Å²) in [5.74, 6) is -0.133. The maximum absolute atomic E-state index is 13.2. The maximum Gasteiger partial charge on any atom is 0.407 e. The Labute approximate surface area is 269 Å². The topological polar surface area (TPSA) is 127 Å². The number of hydrogen-bond acceptors (Lipinski definition) is 6. The Morgan fingerprint density at radius 1 is 0.870 bits per heavy atom. The number of hydrogen-bond donors (Lipinski definition) is 3. The molecule has 2 aliphatic rings. The van der Waals surface area contributed by atoms with E-state index < -0.39 is 12.1 Å². The van der Waals surface area contributed by atoms with E-state index in [0.29, 0.717) is 18.0 Å². The standard InChI is InChI=1S/C37H40N4O5/c38-33(20-21-39-37(44)46-24-32-30-13-6-4-11-28(30)29-12-5-7-14-31(29)32)35(42)40-26-18-16-25(17-19-26)23-41(27-9-2-1-3-10-27)36(43)34-15-8-22-45-34/h4-8,11-19,22,27,32-33H,1-3,9-10,20-21,23-24,38H2,(H,39,44)(H,40,42)/t33-/m0/s1. The normalized spacial score (nSPS) is 15.0. The largest absolute Gasteiger partial charge is 0.459 e. The molecule has 0 unspecified atom stereocenters. The molecular weight excluding hydrogens is 580 g/mol. The van der Waals surface area contributed by atoms with Gasteiger partial charge < -0.3 is 30.4 Å². The molecule has 3 amide bonds. The number of nitrogens with one attached hydrogen (secondary N) is 2. The molecule has 0 saturated heterocycles. The molecule has 9 heteroatoms. The molecule has 46 heavy (non-hydrogen) atoms. The highest BCUT2D eigenvalue weighted by molar-refractivity contribution is 5.94. The van der Waals surface area contributed by atoms with Crippen LogP contribution < -0.4 is 16.4 Å². The molecule has 4 N–H and O–H groups in total. The van der Waals surface area contributed by atoms with E-state index >= 15 is 0 Å². The van der Waals surface area contributed by atoms with Crippen LogP contribution in [0.25, 0.3) is 11.1 Å². The van der Waals surface area contributed by atoms with Crippen molar-refractivity contribution in [3.63, 3.8) is 0 Å². The molecule has 238 valence electrons. The van der Waals surface area contributed by atoms with Crippen LogP contribution in [0.3, 0.4) is 0 Å². The van der Waals surface area contributed by atoms with Gasteiger partial charge in [-0.25, -0.2) is 4.79 Å². The van der Waals surface area contributed by atoms with Gasteiger partial charge in [-0.2, -0.15) is 0 Å². The third-order valence-electron chi connectivity index (χ3n) is 8.99. The van der Waals surface area contributed by atoms with Gasteiger partial charge in [-0.15, -0.1) is 0 Å². The van der Waals surface area contributed by atoms with E-state index in [1.165, 1.54) is 23.8 Å². The lowest BCUT2D eigenvalue weighted by molar-refractivity contribution is -0.117. The van der Waals surface area contributed by atoms with Crippen molar-refractivity contribution >= 4 is 23.6 Å². The molecule has 1 saturated carbocycles. The summed E-state index contributed by atoms with van der Waals surface area (Å²) in [7, 11) is 0. The van der Waals surface area contributed by atoms with Crippen LogP contribution in [-0.4, -0.2) is 48.0 Å². The molecule has 1 atom stereocenters. The Kier molecular flexibility index (Phi) is 9.79. The van der Waals surface area contributed by atoms with Crippen molar-refractivity contribution in [2.75, 3.05) is 18.5 Å². The summed E-state index contributed by atoms with van der Waals surface area (Å²) in [5.41, 5.74) is 12.3. The number of rotatable bonds is 11. The van der Waals surface area contributed by atoms with Gasteiger partial charge in [-0.05, 0) is 71.3 Å². The van der Waals surface area contributed by atoms with Gasteiger partial charge in [-0.1, -0.05) is 79.9 Å². The second-order valence-electron chi connectivity index (χ2n) is 12.0. The number of benzene rings is 3. The van der Waals surface area contributed by atoms with Gasteiger partial charge in [0.2, 0.25) is 5.91 Å². The molecule has 1 aromatic heterocycles. The van der Waals surface area contributed by atoms with Crippen LogP contribution in [0.1, 0.15) is 71.7 Å². The van der Waals surface area contributed by atoms with Crippen LogP contribution in [0.5, 0.6) is 0 Å². The summed E-state index contributed by atoms with van der Waals surface area (Å²) < 4.78 is 11.0. The van der Waals surface area contributed by atoms with Gasteiger partial charge in [0.1, 0.15) is 6.61 Å². The fourth-order valence-corrected chi connectivity index (χ4v) is 6.54. The van der Waals surface area contributed by atoms with Crippen molar-refractivity contribution in [1.29, 1.82) is 0 Å². The van der Waals surface area contributed by atoms with Crippen LogP contribution in [-0.2, 0) is 16.1 Å². The van der Waals surface area contributed by atoms with Gasteiger partial charge in [0.05, 0.1) is 12.3 Å². The average Bonchev–Trinajstić information content (AvgIpc) is 3.74. The van der Waals surface area contributed by atoms with Gasteiger partial charge in [0.25, 0.3) is 5.91 Å². The van der Waals surface area contributed by atoms with Crippen molar-refractivity contribution in [1.82, 2.24) is 10.2 Å². The Bertz CT molecular complexity index is 1600. The molecular formula is C37H40N4O5. The molecule has 6 rings (SSSR count). The third-order valence-corrected chi connectivity index (χ3v) is 8.99. The molecule has 0 spiro atoms. The molecule has 0 aliphatic heterocycles. The summed E-state index contributed by atoms with van der Waals surface area (Å²) in [6.07, 6.45) is 6.60. The number of amides is 3. The summed E-state index contributed by atoms with van der Waals surface area (Å²) in [4.78, 5) is 40.4. The number of anilines is 1. The first kappa shape index (κ1) is 31.1. The molecule has 2 aliphatic carbocycles. The molecule has 9 nitrogen and oxygen atoms in total. The Morgan fingerprint density at radius 3 is 2.20 bits per heavy atom. The fraction of sp³-hybridized carbons (Fsp3) is 0.324. The van der Waals surface area contributed by atoms with E-state index in [9.17, 15) is 14.4 Å². The number of carbonyl (C=O) groups is 3. The zero-order chi connectivity index (χ0) is 31.9. The quantitative estimate of drug-likeness (QED) is 0.177. The molecule has 4 aromatic rings. The van der Waals surface area contributed by atoms with Crippen LogP contribution >= 0.6 is 0 Å². The maximum atomic E-state index is 13.2. The average molecular weight is 621 g/mol.